The van der Waals surface area contributed by atoms with Gasteiger partial charge in [-0.1, -0.05) is 58.3 Å². The van der Waals surface area contributed by atoms with Crippen molar-refractivity contribution >= 4 is 11.6 Å². The molecule has 0 saturated carbocycles. The van der Waals surface area contributed by atoms with Crippen molar-refractivity contribution in [2.75, 3.05) is 5.32 Å². The van der Waals surface area contributed by atoms with Gasteiger partial charge in [-0.25, -0.2) is 4.39 Å². The molecule has 1 aromatic rings. The first-order valence-electron chi connectivity index (χ1n) is 8.32. The van der Waals surface area contributed by atoms with Crippen LogP contribution < -0.4 is 5.32 Å². The van der Waals surface area contributed by atoms with Crippen molar-refractivity contribution < 1.29 is 9.18 Å². The van der Waals surface area contributed by atoms with E-state index in [1.807, 2.05) is 0 Å². The average molecular weight is 291 g/mol. The van der Waals surface area contributed by atoms with Crippen LogP contribution in [0.1, 0.15) is 76.2 Å². The molecule has 1 unspecified atom stereocenters. The molecule has 1 atom stereocenters. The summed E-state index contributed by atoms with van der Waals surface area (Å²) in [6.45, 7) is 2.23. The molecule has 0 aliphatic carbocycles. The fraction of sp³-hybridized carbons (Fsp3) is 0.611. The fourth-order valence-electron chi connectivity index (χ4n) is 3.07. The molecule has 1 aromatic carbocycles. The molecule has 3 heteroatoms. The second-order valence-electron chi connectivity index (χ2n) is 6.04. The first-order chi connectivity index (χ1) is 10.2. The summed E-state index contributed by atoms with van der Waals surface area (Å²) in [4.78, 5) is 11.9. The number of carbonyl (C=O) groups excluding carboxylic acids is 1. The minimum Gasteiger partial charge on any atom is -0.325 e. The quantitative estimate of drug-likeness (QED) is 0.607. The molecule has 1 N–H and O–H groups in total. The summed E-state index contributed by atoms with van der Waals surface area (Å²) in [6.07, 6.45) is 10.9. The van der Waals surface area contributed by atoms with Crippen LogP contribution in [-0.4, -0.2) is 5.91 Å². The van der Waals surface area contributed by atoms with Gasteiger partial charge in [0.25, 0.3) is 0 Å². The van der Waals surface area contributed by atoms with Crippen molar-refractivity contribution in [2.24, 2.45) is 0 Å². The lowest BCUT2D eigenvalue weighted by Crippen LogP contribution is -2.11. The predicted molar refractivity (Wildman–Crippen MR) is 85.0 cm³/mol. The summed E-state index contributed by atoms with van der Waals surface area (Å²) in [5.41, 5.74) is 1.62. The SMILES string of the molecule is CCCCCCCCCCC1C(=O)Nc2ccc(F)cc21. The van der Waals surface area contributed by atoms with Crippen LogP contribution in [0.5, 0.6) is 0 Å². The highest BCUT2D eigenvalue weighted by molar-refractivity contribution is 6.02. The highest BCUT2D eigenvalue weighted by Crippen LogP contribution is 2.36. The van der Waals surface area contributed by atoms with Gasteiger partial charge in [-0.2, -0.15) is 0 Å². The van der Waals surface area contributed by atoms with Crippen molar-refractivity contribution in [3.05, 3.63) is 29.6 Å². The van der Waals surface area contributed by atoms with Crippen LogP contribution in [0, 0.1) is 5.82 Å². The molecule has 2 nitrogen and oxygen atoms in total. The zero-order chi connectivity index (χ0) is 15.1. The van der Waals surface area contributed by atoms with E-state index in [0.29, 0.717) is 0 Å². The summed E-state index contributed by atoms with van der Waals surface area (Å²) < 4.78 is 13.3. The van der Waals surface area contributed by atoms with Crippen LogP contribution in [-0.2, 0) is 4.79 Å². The van der Waals surface area contributed by atoms with Gasteiger partial charge in [-0.15, -0.1) is 0 Å². The van der Waals surface area contributed by atoms with E-state index in [-0.39, 0.29) is 17.6 Å². The molecule has 1 amide bonds. The maximum atomic E-state index is 13.3. The van der Waals surface area contributed by atoms with Gasteiger partial charge in [0.1, 0.15) is 5.82 Å². The van der Waals surface area contributed by atoms with Crippen molar-refractivity contribution in [3.63, 3.8) is 0 Å². The second-order valence-corrected chi connectivity index (χ2v) is 6.04. The van der Waals surface area contributed by atoms with E-state index >= 15 is 0 Å². The molecular formula is C18H26FNO. The number of nitrogens with one attached hydrogen (secondary N) is 1. The maximum Gasteiger partial charge on any atom is 0.232 e. The molecule has 21 heavy (non-hydrogen) atoms. The highest BCUT2D eigenvalue weighted by Gasteiger charge is 2.30. The molecule has 1 aliphatic rings. The Morgan fingerprint density at radius 3 is 2.43 bits per heavy atom. The van der Waals surface area contributed by atoms with Gasteiger partial charge in [-0.05, 0) is 30.2 Å². The molecule has 116 valence electrons. The lowest BCUT2D eigenvalue weighted by molar-refractivity contribution is -0.117. The van der Waals surface area contributed by atoms with Crippen molar-refractivity contribution in [1.29, 1.82) is 0 Å². The Morgan fingerprint density at radius 1 is 1.05 bits per heavy atom. The number of hydrogen-bond donors (Lipinski definition) is 1. The average Bonchev–Trinajstić information content (AvgIpc) is 2.77. The summed E-state index contributed by atoms with van der Waals surface area (Å²) in [5, 5.41) is 2.84. The highest BCUT2D eigenvalue weighted by atomic mass is 19.1. The molecule has 0 bridgehead atoms. The van der Waals surface area contributed by atoms with Crippen LogP contribution in [0.4, 0.5) is 10.1 Å². The maximum absolute atomic E-state index is 13.3. The van der Waals surface area contributed by atoms with Crippen LogP contribution in [0.25, 0.3) is 0 Å². The number of carbonyl (C=O) groups is 1. The van der Waals surface area contributed by atoms with Gasteiger partial charge in [0.2, 0.25) is 5.91 Å². The first-order valence-corrected chi connectivity index (χ1v) is 8.32. The monoisotopic (exact) mass is 291 g/mol. The zero-order valence-corrected chi connectivity index (χ0v) is 13.0. The van der Waals surface area contributed by atoms with Crippen molar-refractivity contribution in [3.8, 4) is 0 Å². The van der Waals surface area contributed by atoms with Gasteiger partial charge in [0, 0.05) is 5.69 Å². The number of fused-ring (bicyclic) bond motifs is 1. The fourth-order valence-corrected chi connectivity index (χ4v) is 3.07. The van der Waals surface area contributed by atoms with Crippen LogP contribution in [0.2, 0.25) is 0 Å². The summed E-state index contributed by atoms with van der Waals surface area (Å²) >= 11 is 0. The number of unbranched alkanes of at least 4 members (excludes halogenated alkanes) is 7. The molecular weight excluding hydrogens is 265 g/mol. The molecule has 0 aromatic heterocycles. The van der Waals surface area contributed by atoms with Crippen LogP contribution in [0.15, 0.2) is 18.2 Å². The van der Waals surface area contributed by atoms with Crippen LogP contribution in [0.3, 0.4) is 0 Å². The summed E-state index contributed by atoms with van der Waals surface area (Å²) in [7, 11) is 0. The number of hydrogen-bond acceptors (Lipinski definition) is 1. The third-order valence-corrected chi connectivity index (χ3v) is 4.31. The standard InChI is InChI=1S/C18H26FNO/c1-2-3-4-5-6-7-8-9-10-15-16-13-14(19)11-12-17(16)20-18(15)21/h11-13,15H,2-10H2,1H3,(H,20,21). The zero-order valence-electron chi connectivity index (χ0n) is 13.0. The molecule has 1 aliphatic heterocycles. The van der Waals surface area contributed by atoms with Crippen molar-refractivity contribution in [1.82, 2.24) is 0 Å². The van der Waals surface area contributed by atoms with Gasteiger partial charge < -0.3 is 5.32 Å². The van der Waals surface area contributed by atoms with Gasteiger partial charge in [0.05, 0.1) is 5.92 Å². The first kappa shape index (κ1) is 16.0. The Morgan fingerprint density at radius 2 is 1.71 bits per heavy atom. The molecule has 0 spiro atoms. The predicted octanol–water partition coefficient (Wildman–Crippen LogP) is 5.39. The molecule has 1 heterocycles. The van der Waals surface area contributed by atoms with Gasteiger partial charge in [-0.3, -0.25) is 4.79 Å². The van der Waals surface area contributed by atoms with E-state index in [1.54, 1.807) is 6.07 Å². The number of amides is 1. The smallest absolute Gasteiger partial charge is 0.232 e. The summed E-state index contributed by atoms with van der Waals surface area (Å²) in [5.74, 6) is -0.388. The summed E-state index contributed by atoms with van der Waals surface area (Å²) in [6, 6.07) is 4.57. The number of rotatable bonds is 9. The Bertz CT molecular complexity index is 472. The second kappa shape index (κ2) is 8.16. The topological polar surface area (TPSA) is 29.1 Å². The molecule has 2 rings (SSSR count). The van der Waals surface area contributed by atoms with Crippen LogP contribution >= 0.6 is 0 Å². The van der Waals surface area contributed by atoms with Gasteiger partial charge >= 0.3 is 0 Å². The van der Waals surface area contributed by atoms with E-state index < -0.39 is 0 Å². The number of anilines is 1. The minimum atomic E-state index is -0.258. The Labute approximate surface area is 127 Å². The Hall–Kier alpha value is -1.38. The number of benzene rings is 1. The largest absolute Gasteiger partial charge is 0.325 e. The van der Waals surface area contributed by atoms with E-state index in [4.69, 9.17) is 0 Å². The third kappa shape index (κ3) is 4.55. The number of halogens is 1. The van der Waals surface area contributed by atoms with Crippen molar-refractivity contribution in [2.45, 2.75) is 70.6 Å². The molecule has 0 radical (unpaired) electrons. The third-order valence-electron chi connectivity index (χ3n) is 4.31. The van der Waals surface area contributed by atoms with Gasteiger partial charge in [0.15, 0.2) is 0 Å². The Kier molecular flexibility index (Phi) is 6.21. The van der Waals surface area contributed by atoms with E-state index in [1.165, 1.54) is 57.1 Å². The minimum absolute atomic E-state index is 0.0264. The normalized spacial score (nSPS) is 16.9. The van der Waals surface area contributed by atoms with E-state index in [2.05, 4.69) is 12.2 Å². The Balaban J connectivity index is 1.70. The lowest BCUT2D eigenvalue weighted by Gasteiger charge is -2.08. The van der Waals surface area contributed by atoms with E-state index in [9.17, 15) is 9.18 Å². The molecule has 0 saturated heterocycles. The van der Waals surface area contributed by atoms with E-state index in [0.717, 1.165) is 24.1 Å². The lowest BCUT2D eigenvalue weighted by atomic mass is 9.94. The molecule has 0 fully saturated rings.